The predicted molar refractivity (Wildman–Crippen MR) is 177 cm³/mol. The van der Waals surface area contributed by atoms with Crippen LogP contribution in [0, 0.1) is 0 Å². The molecule has 1 aliphatic heterocycles. The number of carboxylic acids is 2. The smallest absolute Gasteiger partial charge is 0.303 e. The van der Waals surface area contributed by atoms with Gasteiger partial charge in [-0.25, -0.2) is 0 Å². The van der Waals surface area contributed by atoms with E-state index in [-0.39, 0.29) is 18.7 Å². The van der Waals surface area contributed by atoms with Crippen LogP contribution in [0.25, 0.3) is 0 Å². The highest BCUT2D eigenvalue weighted by molar-refractivity contribution is 5.94. The van der Waals surface area contributed by atoms with Crippen LogP contribution in [0.5, 0.6) is 5.75 Å². The summed E-state index contributed by atoms with van der Waals surface area (Å²) in [6.07, 6.45) is -0.593. The molecule has 4 aromatic rings. The number of carbonyl (C=O) groups excluding carboxylic acids is 1. The van der Waals surface area contributed by atoms with Gasteiger partial charge in [0.15, 0.2) is 0 Å². The van der Waals surface area contributed by atoms with Crippen LogP contribution in [0.2, 0.25) is 0 Å². The SMILES string of the molecule is COc1ccccc1N1CCN(Cc2ccc(CN(Cc3ccccc3)C(=O)c3ccccc3)n2C)CC1.O=C(O)CCC(=O)O. The molecule has 0 unspecified atom stereocenters. The number of carboxylic acid groups (broad SMARTS) is 2. The zero-order valence-electron chi connectivity index (χ0n) is 26.4. The second kappa shape index (κ2) is 16.8. The Hall–Kier alpha value is -5.09. The summed E-state index contributed by atoms with van der Waals surface area (Å²) < 4.78 is 7.82. The molecule has 1 amide bonds. The minimum atomic E-state index is -1.08. The number of benzene rings is 3. The van der Waals surface area contributed by atoms with Gasteiger partial charge < -0.3 is 29.3 Å². The molecule has 2 heterocycles. The highest BCUT2D eigenvalue weighted by atomic mass is 16.5. The average Bonchev–Trinajstić information content (AvgIpc) is 3.42. The maximum Gasteiger partial charge on any atom is 0.303 e. The summed E-state index contributed by atoms with van der Waals surface area (Å²) in [5.41, 5.74) is 5.40. The van der Waals surface area contributed by atoms with Gasteiger partial charge in [-0.1, -0.05) is 60.7 Å². The molecule has 0 saturated carbocycles. The number of amides is 1. The molecule has 10 heteroatoms. The molecule has 46 heavy (non-hydrogen) atoms. The first kappa shape index (κ1) is 33.8. The molecule has 1 saturated heterocycles. The van der Waals surface area contributed by atoms with E-state index in [1.54, 1.807) is 7.11 Å². The van der Waals surface area contributed by atoms with Gasteiger partial charge in [0.1, 0.15) is 5.75 Å². The van der Waals surface area contributed by atoms with Crippen LogP contribution >= 0.6 is 0 Å². The number of aromatic nitrogens is 1. The zero-order chi connectivity index (χ0) is 32.9. The van der Waals surface area contributed by atoms with Crippen molar-refractivity contribution in [2.75, 3.05) is 38.2 Å². The van der Waals surface area contributed by atoms with E-state index in [0.29, 0.717) is 18.7 Å². The molecule has 10 nitrogen and oxygen atoms in total. The van der Waals surface area contributed by atoms with Gasteiger partial charge in [-0.3, -0.25) is 19.3 Å². The lowest BCUT2D eigenvalue weighted by Crippen LogP contribution is -2.46. The number of hydrogen-bond acceptors (Lipinski definition) is 6. The van der Waals surface area contributed by atoms with E-state index in [1.807, 2.05) is 65.6 Å². The topological polar surface area (TPSA) is 116 Å². The van der Waals surface area contributed by atoms with Crippen molar-refractivity contribution in [2.45, 2.75) is 32.5 Å². The van der Waals surface area contributed by atoms with Crippen molar-refractivity contribution in [3.05, 3.63) is 120 Å². The Morgan fingerprint density at radius 1 is 0.717 bits per heavy atom. The van der Waals surface area contributed by atoms with Crippen LogP contribution in [-0.4, -0.2) is 75.7 Å². The quantitative estimate of drug-likeness (QED) is 0.222. The van der Waals surface area contributed by atoms with Crippen molar-refractivity contribution in [3.63, 3.8) is 0 Å². The second-order valence-corrected chi connectivity index (χ2v) is 11.1. The van der Waals surface area contributed by atoms with Crippen LogP contribution in [0.4, 0.5) is 5.69 Å². The Morgan fingerprint density at radius 3 is 1.89 bits per heavy atom. The monoisotopic (exact) mass is 626 g/mol. The molecule has 1 aliphatic rings. The Morgan fingerprint density at radius 2 is 1.28 bits per heavy atom. The van der Waals surface area contributed by atoms with E-state index >= 15 is 0 Å². The third-order valence-electron chi connectivity index (χ3n) is 7.94. The van der Waals surface area contributed by atoms with E-state index in [9.17, 15) is 14.4 Å². The third kappa shape index (κ3) is 9.70. The number of methoxy groups -OCH3 is 1. The fourth-order valence-corrected chi connectivity index (χ4v) is 5.36. The lowest BCUT2D eigenvalue weighted by Gasteiger charge is -2.36. The van der Waals surface area contributed by atoms with Gasteiger partial charge in [0.2, 0.25) is 0 Å². The maximum absolute atomic E-state index is 13.5. The lowest BCUT2D eigenvalue weighted by molar-refractivity contribution is -0.143. The summed E-state index contributed by atoms with van der Waals surface area (Å²) in [4.78, 5) is 39.6. The number of carbonyl (C=O) groups is 3. The fourth-order valence-electron chi connectivity index (χ4n) is 5.36. The van der Waals surface area contributed by atoms with Crippen molar-refractivity contribution in [1.82, 2.24) is 14.4 Å². The number of piperazine rings is 1. The van der Waals surface area contributed by atoms with Gasteiger partial charge in [0, 0.05) is 63.3 Å². The molecule has 0 radical (unpaired) electrons. The van der Waals surface area contributed by atoms with E-state index < -0.39 is 11.9 Å². The van der Waals surface area contributed by atoms with E-state index in [0.717, 1.165) is 55.4 Å². The number of aliphatic carboxylic acids is 2. The molecular formula is C36H42N4O6. The van der Waals surface area contributed by atoms with Crippen LogP contribution in [-0.2, 0) is 36.3 Å². The molecule has 3 aromatic carbocycles. The number of hydrogen-bond donors (Lipinski definition) is 2. The molecule has 2 N–H and O–H groups in total. The summed E-state index contributed by atoms with van der Waals surface area (Å²) in [6, 6.07) is 32.4. The standard InChI is InChI=1S/C32H36N4O2.C4H6O4/c1-33-28(24-34-19-21-35(22-20-34)30-15-9-10-16-31(30)38-2)17-18-29(33)25-36(23-26-11-5-3-6-12-26)32(37)27-13-7-4-8-14-27;5-3(6)1-2-4(7)8/h3-18H,19-25H2,1-2H3;1-2H2,(H,5,6)(H,7,8). The van der Waals surface area contributed by atoms with Gasteiger partial charge in [-0.05, 0) is 42.0 Å². The average molecular weight is 627 g/mol. The van der Waals surface area contributed by atoms with Crippen molar-refractivity contribution >= 4 is 23.5 Å². The highest BCUT2D eigenvalue weighted by Crippen LogP contribution is 2.28. The molecule has 0 bridgehead atoms. The Bertz CT molecular complexity index is 1550. The Balaban J connectivity index is 0.000000533. The minimum absolute atomic E-state index is 0.0460. The van der Waals surface area contributed by atoms with Crippen LogP contribution < -0.4 is 9.64 Å². The van der Waals surface area contributed by atoms with E-state index in [2.05, 4.69) is 57.8 Å². The number of anilines is 1. The van der Waals surface area contributed by atoms with Gasteiger partial charge in [-0.15, -0.1) is 0 Å². The summed E-state index contributed by atoms with van der Waals surface area (Å²) in [7, 11) is 3.85. The summed E-state index contributed by atoms with van der Waals surface area (Å²) >= 11 is 0. The highest BCUT2D eigenvalue weighted by Gasteiger charge is 2.22. The first-order chi connectivity index (χ1) is 22.2. The summed E-state index contributed by atoms with van der Waals surface area (Å²) in [5, 5.41) is 15.8. The van der Waals surface area contributed by atoms with Gasteiger partial charge in [-0.2, -0.15) is 0 Å². The fraction of sp³-hybridized carbons (Fsp3) is 0.306. The number of para-hydroxylation sites is 2. The summed E-state index contributed by atoms with van der Waals surface area (Å²) in [6.45, 7) is 5.93. The lowest BCUT2D eigenvalue weighted by atomic mass is 10.1. The second-order valence-electron chi connectivity index (χ2n) is 11.1. The maximum atomic E-state index is 13.5. The third-order valence-corrected chi connectivity index (χ3v) is 7.94. The first-order valence-electron chi connectivity index (χ1n) is 15.3. The molecule has 0 aliphatic carbocycles. The normalized spacial score (nSPS) is 13.0. The van der Waals surface area contributed by atoms with Crippen molar-refractivity contribution in [3.8, 4) is 5.75 Å². The number of nitrogens with zero attached hydrogens (tertiary/aromatic N) is 4. The van der Waals surface area contributed by atoms with Crippen molar-refractivity contribution < 1.29 is 29.3 Å². The molecule has 242 valence electrons. The van der Waals surface area contributed by atoms with Crippen molar-refractivity contribution in [1.29, 1.82) is 0 Å². The van der Waals surface area contributed by atoms with Gasteiger partial charge in [0.25, 0.3) is 5.91 Å². The van der Waals surface area contributed by atoms with Gasteiger partial charge >= 0.3 is 11.9 Å². The predicted octanol–water partition coefficient (Wildman–Crippen LogP) is 5.13. The first-order valence-corrected chi connectivity index (χ1v) is 15.3. The molecule has 1 fully saturated rings. The minimum Gasteiger partial charge on any atom is -0.495 e. The van der Waals surface area contributed by atoms with Crippen LogP contribution in [0.3, 0.4) is 0 Å². The molecule has 0 atom stereocenters. The summed E-state index contributed by atoms with van der Waals surface area (Å²) in [5.74, 6) is -1.18. The van der Waals surface area contributed by atoms with E-state index in [4.69, 9.17) is 14.9 Å². The van der Waals surface area contributed by atoms with Crippen LogP contribution in [0.1, 0.15) is 40.2 Å². The Labute approximate surface area is 270 Å². The molecule has 1 aromatic heterocycles. The van der Waals surface area contributed by atoms with E-state index in [1.165, 1.54) is 5.69 Å². The van der Waals surface area contributed by atoms with Crippen LogP contribution in [0.15, 0.2) is 97.1 Å². The van der Waals surface area contributed by atoms with Gasteiger partial charge in [0.05, 0.1) is 32.2 Å². The number of rotatable bonds is 12. The zero-order valence-corrected chi connectivity index (χ0v) is 26.4. The molecule has 0 spiro atoms. The van der Waals surface area contributed by atoms with Crippen molar-refractivity contribution in [2.24, 2.45) is 7.05 Å². The number of ether oxygens (including phenoxy) is 1. The Kier molecular flexibility index (Phi) is 12.4. The molecular weight excluding hydrogens is 584 g/mol. The largest absolute Gasteiger partial charge is 0.495 e. The molecule has 5 rings (SSSR count).